The van der Waals surface area contributed by atoms with Crippen LogP contribution >= 0.6 is 23.5 Å². The first-order valence-corrected chi connectivity index (χ1v) is 14.3. The fourth-order valence-corrected chi connectivity index (χ4v) is 8.18. The van der Waals surface area contributed by atoms with Crippen molar-refractivity contribution in [2.45, 2.75) is 73.4 Å². The standard InChI is InChI=1S/C20H29N5O3S3/c1-12-17(30-13(2)22-12)9-24-15-5-4-14(31(27,28)23-20(3)6-7-20)8-16(15)25(19(24)26)18-10-29-11-21-18/h4-5,8,12-13,17-18,21-23H,6-7,9-11H2,1-3H3. The van der Waals surface area contributed by atoms with E-state index in [-0.39, 0.29) is 27.5 Å². The van der Waals surface area contributed by atoms with Crippen LogP contribution in [0.3, 0.4) is 0 Å². The maximum Gasteiger partial charge on any atom is 0.330 e. The minimum absolute atomic E-state index is 0.0842. The molecule has 0 spiro atoms. The van der Waals surface area contributed by atoms with Gasteiger partial charge in [-0.1, -0.05) is 0 Å². The topological polar surface area (TPSA) is 97.2 Å². The second kappa shape index (κ2) is 7.81. The summed E-state index contributed by atoms with van der Waals surface area (Å²) in [5.74, 6) is 1.55. The zero-order valence-electron chi connectivity index (χ0n) is 17.9. The van der Waals surface area contributed by atoms with Crippen molar-refractivity contribution in [3.05, 3.63) is 28.7 Å². The van der Waals surface area contributed by atoms with Gasteiger partial charge in [-0.3, -0.25) is 14.5 Å². The Hall–Kier alpha value is -0.980. The molecule has 1 saturated carbocycles. The third-order valence-corrected chi connectivity index (χ3v) is 10.4. The molecule has 2 aromatic rings. The van der Waals surface area contributed by atoms with Crippen LogP contribution < -0.4 is 21.0 Å². The molecule has 1 aliphatic carbocycles. The molecule has 2 aliphatic heterocycles. The Labute approximate surface area is 191 Å². The van der Waals surface area contributed by atoms with Gasteiger partial charge in [0.2, 0.25) is 10.0 Å². The number of hydrogen-bond acceptors (Lipinski definition) is 7. The zero-order valence-corrected chi connectivity index (χ0v) is 20.4. The van der Waals surface area contributed by atoms with E-state index in [4.69, 9.17) is 0 Å². The minimum Gasteiger partial charge on any atom is -0.302 e. The van der Waals surface area contributed by atoms with Crippen LogP contribution in [0.1, 0.15) is 39.8 Å². The van der Waals surface area contributed by atoms with Gasteiger partial charge >= 0.3 is 5.69 Å². The summed E-state index contributed by atoms with van der Waals surface area (Å²) in [6.07, 6.45) is 1.56. The van der Waals surface area contributed by atoms with Gasteiger partial charge in [0.15, 0.2) is 0 Å². The molecule has 3 heterocycles. The summed E-state index contributed by atoms with van der Waals surface area (Å²) in [7, 11) is -3.64. The van der Waals surface area contributed by atoms with Crippen molar-refractivity contribution in [1.82, 2.24) is 24.5 Å². The van der Waals surface area contributed by atoms with Gasteiger partial charge in [0.1, 0.15) is 0 Å². The molecule has 2 saturated heterocycles. The van der Waals surface area contributed by atoms with Crippen LogP contribution in [0.15, 0.2) is 27.9 Å². The summed E-state index contributed by atoms with van der Waals surface area (Å²) in [5, 5.41) is 7.50. The molecule has 1 aromatic heterocycles. The lowest BCUT2D eigenvalue weighted by Gasteiger charge is -2.15. The van der Waals surface area contributed by atoms with Crippen LogP contribution in [0, 0.1) is 0 Å². The Balaban J connectivity index is 1.59. The normalized spacial score (nSPS) is 30.3. The lowest BCUT2D eigenvalue weighted by Crippen LogP contribution is -2.36. The number of benzene rings is 1. The fraction of sp³-hybridized carbons (Fsp3) is 0.650. The smallest absolute Gasteiger partial charge is 0.302 e. The summed E-state index contributed by atoms with van der Waals surface area (Å²) in [6.45, 7) is 6.80. The van der Waals surface area contributed by atoms with E-state index in [9.17, 15) is 13.2 Å². The number of rotatable bonds is 6. The summed E-state index contributed by atoms with van der Waals surface area (Å²) in [6, 6.07) is 5.38. The number of aromatic nitrogens is 2. The maximum atomic E-state index is 13.5. The van der Waals surface area contributed by atoms with Crippen LogP contribution in [0.2, 0.25) is 0 Å². The summed E-state index contributed by atoms with van der Waals surface area (Å²) >= 11 is 3.58. The Morgan fingerprint density at radius 1 is 1.26 bits per heavy atom. The highest BCUT2D eigenvalue weighted by molar-refractivity contribution is 8.00. The molecule has 31 heavy (non-hydrogen) atoms. The highest BCUT2D eigenvalue weighted by Crippen LogP contribution is 2.36. The molecule has 4 unspecified atom stereocenters. The second-order valence-corrected chi connectivity index (χ2v) is 13.4. The minimum atomic E-state index is -3.64. The molecule has 4 atom stereocenters. The van der Waals surface area contributed by atoms with E-state index in [2.05, 4.69) is 29.2 Å². The molecule has 11 heteroatoms. The quantitative estimate of drug-likeness (QED) is 0.577. The number of fused-ring (bicyclic) bond motifs is 1. The molecule has 3 aliphatic rings. The van der Waals surface area contributed by atoms with E-state index in [0.717, 1.165) is 30.0 Å². The van der Waals surface area contributed by atoms with Crippen molar-refractivity contribution >= 4 is 44.6 Å². The fourth-order valence-electron chi connectivity index (χ4n) is 4.41. The van der Waals surface area contributed by atoms with Gasteiger partial charge in [0.25, 0.3) is 0 Å². The van der Waals surface area contributed by atoms with Crippen molar-refractivity contribution < 1.29 is 8.42 Å². The molecule has 3 fully saturated rings. The maximum absolute atomic E-state index is 13.5. The summed E-state index contributed by atoms with van der Waals surface area (Å²) in [4.78, 5) is 13.7. The first-order chi connectivity index (χ1) is 14.7. The van der Waals surface area contributed by atoms with Crippen LogP contribution in [0.4, 0.5) is 0 Å². The molecule has 3 N–H and O–H groups in total. The zero-order chi connectivity index (χ0) is 22.0. The predicted molar refractivity (Wildman–Crippen MR) is 127 cm³/mol. The van der Waals surface area contributed by atoms with Gasteiger partial charge in [0.05, 0.1) is 27.5 Å². The van der Waals surface area contributed by atoms with Crippen molar-refractivity contribution in [2.75, 3.05) is 11.6 Å². The van der Waals surface area contributed by atoms with Crippen molar-refractivity contribution in [3.8, 4) is 0 Å². The largest absolute Gasteiger partial charge is 0.330 e. The first kappa shape index (κ1) is 21.8. The van der Waals surface area contributed by atoms with Gasteiger partial charge in [-0.2, -0.15) is 0 Å². The predicted octanol–water partition coefficient (Wildman–Crippen LogP) is 1.87. The lowest BCUT2D eigenvalue weighted by molar-refractivity contribution is 0.471. The Morgan fingerprint density at radius 3 is 2.65 bits per heavy atom. The number of sulfonamides is 1. The van der Waals surface area contributed by atoms with E-state index < -0.39 is 10.0 Å². The average Bonchev–Trinajstić information content (AvgIpc) is 3.05. The molecule has 0 bridgehead atoms. The van der Waals surface area contributed by atoms with E-state index in [1.165, 1.54) is 0 Å². The third-order valence-electron chi connectivity index (χ3n) is 6.43. The van der Waals surface area contributed by atoms with Crippen molar-refractivity contribution in [2.24, 2.45) is 0 Å². The number of hydrogen-bond donors (Lipinski definition) is 3. The first-order valence-electron chi connectivity index (χ1n) is 10.7. The Kier molecular flexibility index (Phi) is 5.50. The molecule has 8 nitrogen and oxygen atoms in total. The van der Waals surface area contributed by atoms with E-state index in [1.807, 2.05) is 23.3 Å². The molecule has 5 rings (SSSR count). The lowest BCUT2D eigenvalue weighted by atomic mass is 10.2. The molecule has 170 valence electrons. The number of nitrogens with zero attached hydrogens (tertiary/aromatic N) is 2. The van der Waals surface area contributed by atoms with E-state index in [1.54, 1.807) is 34.5 Å². The SMILES string of the molecule is CC1NC(C)C(Cn2c(=O)n(C3CSCN3)c3cc(S(=O)(=O)NC4(C)CC4)ccc32)S1. The molecule has 0 radical (unpaired) electrons. The average molecular weight is 484 g/mol. The van der Waals surface area contributed by atoms with Crippen molar-refractivity contribution in [1.29, 1.82) is 0 Å². The van der Waals surface area contributed by atoms with E-state index in [0.29, 0.717) is 23.5 Å². The number of imidazole rings is 1. The van der Waals surface area contributed by atoms with Crippen LogP contribution in [0.5, 0.6) is 0 Å². The molecular weight excluding hydrogens is 454 g/mol. The van der Waals surface area contributed by atoms with Gasteiger partial charge in [-0.25, -0.2) is 17.9 Å². The summed E-state index contributed by atoms with van der Waals surface area (Å²) in [5.41, 5.74) is 1.03. The van der Waals surface area contributed by atoms with Crippen molar-refractivity contribution in [3.63, 3.8) is 0 Å². The Bertz CT molecular complexity index is 1160. The molecule has 0 amide bonds. The van der Waals surface area contributed by atoms with Gasteiger partial charge in [0, 0.05) is 35.0 Å². The van der Waals surface area contributed by atoms with Gasteiger partial charge in [-0.15, -0.1) is 23.5 Å². The number of nitrogens with one attached hydrogen (secondary N) is 3. The highest BCUT2D eigenvalue weighted by atomic mass is 32.2. The van der Waals surface area contributed by atoms with Crippen LogP contribution in [0.25, 0.3) is 11.0 Å². The third kappa shape index (κ3) is 4.08. The summed E-state index contributed by atoms with van der Waals surface area (Å²) < 4.78 is 32.3. The molecular formula is C20H29N5O3S3. The van der Waals surface area contributed by atoms with Gasteiger partial charge in [-0.05, 0) is 51.8 Å². The van der Waals surface area contributed by atoms with Gasteiger partial charge < -0.3 is 5.32 Å². The Morgan fingerprint density at radius 2 is 2.03 bits per heavy atom. The monoisotopic (exact) mass is 483 g/mol. The van der Waals surface area contributed by atoms with Crippen LogP contribution in [-0.2, 0) is 16.6 Å². The van der Waals surface area contributed by atoms with Crippen LogP contribution in [-0.4, -0.2) is 51.4 Å². The number of thioether (sulfide) groups is 2. The second-order valence-electron chi connectivity index (χ2n) is 9.09. The van der Waals surface area contributed by atoms with E-state index >= 15 is 0 Å². The molecule has 1 aromatic carbocycles. The highest BCUT2D eigenvalue weighted by Gasteiger charge is 2.41.